The van der Waals surface area contributed by atoms with Crippen molar-refractivity contribution in [1.29, 1.82) is 0 Å². The third-order valence-electron chi connectivity index (χ3n) is 2.86. The quantitative estimate of drug-likeness (QED) is 0.694. The molecule has 0 aromatic heterocycles. The molecule has 1 aliphatic heterocycles. The minimum absolute atomic E-state index is 0.0491. The minimum atomic E-state index is -0.650. The van der Waals surface area contributed by atoms with Crippen LogP contribution >= 0.6 is 0 Å². The van der Waals surface area contributed by atoms with E-state index in [4.69, 9.17) is 5.73 Å². The summed E-state index contributed by atoms with van der Waals surface area (Å²) < 4.78 is 0. The summed E-state index contributed by atoms with van der Waals surface area (Å²) in [4.78, 5) is 11.2. The zero-order valence-electron chi connectivity index (χ0n) is 9.23. The predicted molar refractivity (Wildman–Crippen MR) is 62.0 cm³/mol. The molecule has 4 heteroatoms. The molecule has 16 heavy (non-hydrogen) atoms. The molecule has 4 nitrogen and oxygen atoms in total. The first-order valence-corrected chi connectivity index (χ1v) is 5.44. The summed E-state index contributed by atoms with van der Waals surface area (Å²) in [5.74, 6) is 0.0491. The number of rotatable bonds is 2. The summed E-state index contributed by atoms with van der Waals surface area (Å²) in [6, 6.07) is 5.26. The van der Waals surface area contributed by atoms with E-state index >= 15 is 0 Å². The second-order valence-corrected chi connectivity index (χ2v) is 4.27. The van der Waals surface area contributed by atoms with Crippen LogP contribution in [0.4, 0.5) is 5.69 Å². The maximum Gasteiger partial charge on any atom is 0.224 e. The standard InChI is InChI=1S/C12H16N2O2/c1-7(13)12(16)9-2-4-10-8(6-9)3-5-11(15)14-10/h2,4,6-7,12,16H,3,5,13H2,1H3,(H,14,15). The van der Waals surface area contributed by atoms with Crippen LogP contribution in [-0.2, 0) is 11.2 Å². The van der Waals surface area contributed by atoms with Crippen molar-refractivity contribution in [3.05, 3.63) is 29.3 Å². The number of hydrogen-bond acceptors (Lipinski definition) is 3. The SMILES string of the molecule is CC(N)C(O)c1ccc2c(c1)CCC(=O)N2. The van der Waals surface area contributed by atoms with Crippen LogP contribution in [-0.4, -0.2) is 17.1 Å². The summed E-state index contributed by atoms with van der Waals surface area (Å²) in [7, 11) is 0. The maximum atomic E-state index is 11.2. The van der Waals surface area contributed by atoms with Crippen LogP contribution in [0.3, 0.4) is 0 Å². The third-order valence-corrected chi connectivity index (χ3v) is 2.86. The lowest BCUT2D eigenvalue weighted by Crippen LogP contribution is -2.25. The van der Waals surface area contributed by atoms with Gasteiger partial charge in [0.1, 0.15) is 0 Å². The molecule has 0 fully saturated rings. The molecule has 1 heterocycles. The first-order valence-electron chi connectivity index (χ1n) is 5.44. The molecular formula is C12H16N2O2. The molecule has 4 N–H and O–H groups in total. The van der Waals surface area contributed by atoms with E-state index in [2.05, 4.69) is 5.32 Å². The lowest BCUT2D eigenvalue weighted by Gasteiger charge is -2.20. The highest BCUT2D eigenvalue weighted by Gasteiger charge is 2.18. The Labute approximate surface area is 94.5 Å². The van der Waals surface area contributed by atoms with Gasteiger partial charge in [-0.05, 0) is 30.5 Å². The summed E-state index contributed by atoms with van der Waals surface area (Å²) >= 11 is 0. The van der Waals surface area contributed by atoms with E-state index in [1.54, 1.807) is 13.0 Å². The monoisotopic (exact) mass is 220 g/mol. The van der Waals surface area contributed by atoms with Crippen molar-refractivity contribution in [3.8, 4) is 0 Å². The average Bonchev–Trinajstić information content (AvgIpc) is 2.27. The normalized spacial score (nSPS) is 18.6. The van der Waals surface area contributed by atoms with Crippen LogP contribution in [0.25, 0.3) is 0 Å². The van der Waals surface area contributed by atoms with E-state index in [1.807, 2.05) is 12.1 Å². The van der Waals surface area contributed by atoms with Gasteiger partial charge in [0.15, 0.2) is 0 Å². The first-order chi connectivity index (χ1) is 7.58. The highest BCUT2D eigenvalue weighted by atomic mass is 16.3. The molecule has 0 saturated heterocycles. The molecule has 1 aromatic carbocycles. The average molecular weight is 220 g/mol. The fourth-order valence-electron chi connectivity index (χ4n) is 1.89. The highest BCUT2D eigenvalue weighted by Crippen LogP contribution is 2.26. The second-order valence-electron chi connectivity index (χ2n) is 4.27. The Morgan fingerprint density at radius 2 is 2.19 bits per heavy atom. The van der Waals surface area contributed by atoms with Crippen LogP contribution in [0.15, 0.2) is 18.2 Å². The van der Waals surface area contributed by atoms with Crippen LogP contribution in [0, 0.1) is 0 Å². The number of fused-ring (bicyclic) bond motifs is 1. The Hall–Kier alpha value is -1.39. The number of hydrogen-bond donors (Lipinski definition) is 3. The molecule has 0 aliphatic carbocycles. The Morgan fingerprint density at radius 3 is 2.88 bits per heavy atom. The van der Waals surface area contributed by atoms with E-state index in [9.17, 15) is 9.90 Å². The zero-order valence-corrected chi connectivity index (χ0v) is 9.23. The lowest BCUT2D eigenvalue weighted by atomic mass is 9.96. The van der Waals surface area contributed by atoms with Gasteiger partial charge in [0.2, 0.25) is 5.91 Å². The molecule has 1 aliphatic rings. The summed E-state index contributed by atoms with van der Waals surface area (Å²) in [6.45, 7) is 1.77. The van der Waals surface area contributed by atoms with Crippen molar-refractivity contribution in [2.45, 2.75) is 31.9 Å². The van der Waals surface area contributed by atoms with Gasteiger partial charge in [0.05, 0.1) is 6.10 Å². The van der Waals surface area contributed by atoms with Crippen molar-refractivity contribution in [2.75, 3.05) is 5.32 Å². The van der Waals surface area contributed by atoms with E-state index in [1.165, 1.54) is 0 Å². The van der Waals surface area contributed by atoms with Crippen LogP contribution < -0.4 is 11.1 Å². The third kappa shape index (κ3) is 2.08. The van der Waals surface area contributed by atoms with Gasteiger partial charge in [-0.2, -0.15) is 0 Å². The number of carbonyl (C=O) groups is 1. The van der Waals surface area contributed by atoms with Crippen molar-refractivity contribution in [2.24, 2.45) is 5.73 Å². The number of aliphatic hydroxyl groups excluding tert-OH is 1. The second kappa shape index (κ2) is 4.23. The first kappa shape index (κ1) is 11.1. The van der Waals surface area contributed by atoms with Crippen molar-refractivity contribution >= 4 is 11.6 Å². The van der Waals surface area contributed by atoms with Crippen LogP contribution in [0.5, 0.6) is 0 Å². The van der Waals surface area contributed by atoms with Gasteiger partial charge in [-0.3, -0.25) is 4.79 Å². The molecule has 86 valence electrons. The number of nitrogens with two attached hydrogens (primary N) is 1. The molecule has 0 saturated carbocycles. The van der Waals surface area contributed by atoms with Crippen LogP contribution in [0.1, 0.15) is 30.6 Å². The van der Waals surface area contributed by atoms with Crippen molar-refractivity contribution < 1.29 is 9.90 Å². The summed E-state index contributed by atoms with van der Waals surface area (Å²) in [5, 5.41) is 12.6. The molecule has 0 spiro atoms. The summed E-state index contributed by atoms with van der Waals surface area (Å²) in [5.41, 5.74) is 8.37. The Balaban J connectivity index is 2.29. The van der Waals surface area contributed by atoms with Gasteiger partial charge >= 0.3 is 0 Å². The number of benzene rings is 1. The molecular weight excluding hydrogens is 204 g/mol. The molecule has 1 aromatic rings. The largest absolute Gasteiger partial charge is 0.387 e. The number of amides is 1. The number of carbonyl (C=O) groups excluding carboxylic acids is 1. The van der Waals surface area contributed by atoms with E-state index in [-0.39, 0.29) is 11.9 Å². The lowest BCUT2D eigenvalue weighted by molar-refractivity contribution is -0.116. The zero-order chi connectivity index (χ0) is 11.7. The molecule has 2 rings (SSSR count). The minimum Gasteiger partial charge on any atom is -0.387 e. The predicted octanol–water partition coefficient (Wildman–Crippen LogP) is 0.952. The Kier molecular flexibility index (Phi) is 2.94. The molecule has 0 bridgehead atoms. The van der Waals surface area contributed by atoms with E-state index in [0.717, 1.165) is 23.2 Å². The van der Waals surface area contributed by atoms with E-state index < -0.39 is 6.10 Å². The number of anilines is 1. The maximum absolute atomic E-state index is 11.2. The Morgan fingerprint density at radius 1 is 1.44 bits per heavy atom. The topological polar surface area (TPSA) is 75.3 Å². The summed E-state index contributed by atoms with van der Waals surface area (Å²) in [6.07, 6.45) is 0.578. The Bertz CT molecular complexity index is 415. The molecule has 2 unspecified atom stereocenters. The fraction of sp³-hybridized carbons (Fsp3) is 0.417. The van der Waals surface area contributed by atoms with Gasteiger partial charge in [-0.15, -0.1) is 0 Å². The van der Waals surface area contributed by atoms with Gasteiger partial charge in [-0.1, -0.05) is 12.1 Å². The van der Waals surface area contributed by atoms with Crippen LogP contribution in [0.2, 0.25) is 0 Å². The smallest absolute Gasteiger partial charge is 0.224 e. The van der Waals surface area contributed by atoms with Gasteiger partial charge < -0.3 is 16.2 Å². The van der Waals surface area contributed by atoms with Gasteiger partial charge in [-0.25, -0.2) is 0 Å². The van der Waals surface area contributed by atoms with Crippen molar-refractivity contribution in [1.82, 2.24) is 0 Å². The van der Waals surface area contributed by atoms with Gasteiger partial charge in [0, 0.05) is 18.2 Å². The molecule has 1 amide bonds. The van der Waals surface area contributed by atoms with E-state index in [0.29, 0.717) is 6.42 Å². The van der Waals surface area contributed by atoms with Crippen molar-refractivity contribution in [3.63, 3.8) is 0 Å². The van der Waals surface area contributed by atoms with Gasteiger partial charge in [0.25, 0.3) is 0 Å². The molecule has 0 radical (unpaired) electrons. The highest BCUT2D eigenvalue weighted by molar-refractivity contribution is 5.93. The number of aryl methyl sites for hydroxylation is 1. The number of nitrogens with one attached hydrogen (secondary N) is 1. The number of aliphatic hydroxyl groups is 1. The molecule has 2 atom stereocenters. The fourth-order valence-corrected chi connectivity index (χ4v) is 1.89.